The lowest BCUT2D eigenvalue weighted by molar-refractivity contribution is 0.337. The summed E-state index contributed by atoms with van der Waals surface area (Å²) in [5, 5.41) is 0. The summed E-state index contributed by atoms with van der Waals surface area (Å²) >= 11 is 0. The quantitative estimate of drug-likeness (QED) is 0.461. The van der Waals surface area contributed by atoms with Gasteiger partial charge in [0.2, 0.25) is 0 Å². The average Bonchev–Trinajstić information content (AvgIpc) is 2.55. The summed E-state index contributed by atoms with van der Waals surface area (Å²) in [4.78, 5) is 0. The molecule has 5 aliphatic carbocycles. The predicted octanol–water partition coefficient (Wildman–Crippen LogP) is 1.68. The van der Waals surface area contributed by atoms with Crippen LogP contribution in [0.5, 0.6) is 0 Å². The first-order valence-electron chi connectivity index (χ1n) is 4.55. The highest BCUT2D eigenvalue weighted by Gasteiger charge is 2.95. The molecule has 0 N–H and O–H groups in total. The first kappa shape index (κ1) is 3.23. The van der Waals surface area contributed by atoms with Crippen molar-refractivity contribution in [2.45, 2.75) is 6.42 Å². The molecule has 5 saturated carbocycles. The van der Waals surface area contributed by atoms with E-state index >= 15 is 0 Å². The minimum Gasteiger partial charge on any atom is -0.102 e. The van der Waals surface area contributed by atoms with Crippen molar-refractivity contribution in [3.05, 3.63) is 12.6 Å². The Morgan fingerprint density at radius 1 is 1.67 bits per heavy atom. The maximum atomic E-state index is 7.06. The Morgan fingerprint density at radius 2 is 2.67 bits per heavy atom. The number of hydrogen-bond acceptors (Lipinski definition) is 0. The number of hydrogen-bond donors (Lipinski definition) is 0. The van der Waals surface area contributed by atoms with Crippen LogP contribution in [0.4, 0.5) is 0 Å². The molecule has 0 aliphatic heterocycles. The lowest BCUT2D eigenvalue weighted by Crippen LogP contribution is -2.15. The molecule has 5 rings (SSSR count). The molecule has 0 radical (unpaired) electrons. The summed E-state index contributed by atoms with van der Waals surface area (Å²) in [5.74, 6) is 5.48. The zero-order valence-electron chi connectivity index (χ0n) is 6.25. The molecule has 0 heteroatoms. The first-order valence-corrected chi connectivity index (χ1v) is 3.97. The van der Waals surface area contributed by atoms with E-state index in [4.69, 9.17) is 1.37 Å². The van der Waals surface area contributed by atoms with Crippen molar-refractivity contribution >= 4 is 0 Å². The normalized spacial score (nSPS) is 88.0. The van der Waals surface area contributed by atoms with Gasteiger partial charge in [-0.2, -0.15) is 0 Å². The van der Waals surface area contributed by atoms with Gasteiger partial charge in [-0.05, 0) is 41.4 Å². The van der Waals surface area contributed by atoms with E-state index in [1.807, 2.05) is 0 Å². The molecule has 0 aromatic carbocycles. The Bertz CT molecular complexity index is 236. The molecule has 5 aliphatic rings. The van der Waals surface area contributed by atoms with E-state index in [0.717, 1.165) is 29.6 Å². The van der Waals surface area contributed by atoms with Gasteiger partial charge in [0.25, 0.3) is 0 Å². The van der Waals surface area contributed by atoms with Gasteiger partial charge >= 0.3 is 0 Å². The summed E-state index contributed by atoms with van der Waals surface area (Å²) in [6.07, 6.45) is 3.71. The van der Waals surface area contributed by atoms with Crippen LogP contribution in [0.2, 0.25) is 0 Å². The number of allylic oxidation sites excluding steroid dienone is 1. The van der Waals surface area contributed by atoms with Crippen LogP contribution in [0.3, 0.4) is 0 Å². The Balaban J connectivity index is 1.88. The number of rotatable bonds is 1. The third kappa shape index (κ3) is 0.154. The maximum Gasteiger partial charge on any atom is 0.0535 e. The molecule has 4 unspecified atom stereocenters. The molecular weight excluding hydrogens is 108 g/mol. The third-order valence-corrected chi connectivity index (χ3v) is 4.58. The van der Waals surface area contributed by atoms with E-state index in [9.17, 15) is 0 Å². The highest BCUT2D eigenvalue weighted by molar-refractivity contribution is 5.46. The van der Waals surface area contributed by atoms with Crippen molar-refractivity contribution in [3.8, 4) is 0 Å². The second kappa shape index (κ2) is 0.680. The molecule has 0 aromatic rings. The largest absolute Gasteiger partial charge is 0.102 e. The van der Waals surface area contributed by atoms with Gasteiger partial charge in [-0.25, -0.2) is 0 Å². The van der Waals surface area contributed by atoms with Crippen molar-refractivity contribution in [2.24, 2.45) is 35.0 Å². The standard InChI is InChI=1S/C9H10/c1-2-9-5-3-4-6(7(4)9)8(5)9/h2,4-8H,1,3H2/t4-,5+,6?,7?,8?,9?/m0/s1/i1D. The topological polar surface area (TPSA) is 0 Å². The average molecular weight is 119 g/mol. The van der Waals surface area contributed by atoms with Crippen LogP contribution in [0.25, 0.3) is 0 Å². The molecule has 0 aromatic heterocycles. The van der Waals surface area contributed by atoms with Gasteiger partial charge in [0, 0.05) is 0 Å². The van der Waals surface area contributed by atoms with Crippen LogP contribution in [0.1, 0.15) is 7.79 Å². The van der Waals surface area contributed by atoms with Crippen LogP contribution in [0, 0.1) is 35.0 Å². The first-order chi connectivity index (χ1) is 4.91. The Hall–Kier alpha value is -0.260. The van der Waals surface area contributed by atoms with Crippen molar-refractivity contribution < 1.29 is 1.37 Å². The van der Waals surface area contributed by atoms with E-state index in [2.05, 4.69) is 6.08 Å². The highest BCUT2D eigenvalue weighted by atomic mass is 15.0. The fraction of sp³-hybridized carbons (Fsp3) is 0.778. The Labute approximate surface area is 56.4 Å². The van der Waals surface area contributed by atoms with Crippen molar-refractivity contribution in [1.29, 1.82) is 0 Å². The predicted molar refractivity (Wildman–Crippen MR) is 34.7 cm³/mol. The van der Waals surface area contributed by atoms with E-state index in [0.29, 0.717) is 5.41 Å². The minimum absolute atomic E-state index is 0.636. The van der Waals surface area contributed by atoms with Crippen LogP contribution in [-0.2, 0) is 0 Å². The molecule has 46 valence electrons. The van der Waals surface area contributed by atoms with Crippen LogP contribution < -0.4 is 0 Å². The molecule has 9 heavy (non-hydrogen) atoms. The monoisotopic (exact) mass is 119 g/mol. The summed E-state index contributed by atoms with van der Waals surface area (Å²) in [6.45, 7) is 1.53. The lowest BCUT2D eigenvalue weighted by Gasteiger charge is -2.19. The van der Waals surface area contributed by atoms with Gasteiger partial charge in [-0.3, -0.25) is 0 Å². The fourth-order valence-electron chi connectivity index (χ4n) is 4.38. The van der Waals surface area contributed by atoms with Gasteiger partial charge in [-0.1, -0.05) is 6.08 Å². The molecule has 0 spiro atoms. The summed E-state index contributed by atoms with van der Waals surface area (Å²) < 4.78 is 7.06. The molecular formula is C9H10. The summed E-state index contributed by atoms with van der Waals surface area (Å²) in [5.41, 5.74) is 0.636. The van der Waals surface area contributed by atoms with Gasteiger partial charge < -0.3 is 0 Å². The second-order valence-electron chi connectivity index (χ2n) is 4.30. The van der Waals surface area contributed by atoms with Crippen LogP contribution >= 0.6 is 0 Å². The molecule has 0 saturated heterocycles. The van der Waals surface area contributed by atoms with Crippen molar-refractivity contribution in [1.82, 2.24) is 0 Å². The molecule has 6 atom stereocenters. The van der Waals surface area contributed by atoms with Crippen molar-refractivity contribution in [2.75, 3.05) is 0 Å². The molecule has 2 bridgehead atoms. The van der Waals surface area contributed by atoms with Crippen molar-refractivity contribution in [3.63, 3.8) is 0 Å². The third-order valence-electron chi connectivity index (χ3n) is 4.58. The Morgan fingerprint density at radius 3 is 3.11 bits per heavy atom. The van der Waals surface area contributed by atoms with E-state index in [1.54, 1.807) is 0 Å². The molecule has 0 heterocycles. The van der Waals surface area contributed by atoms with E-state index < -0.39 is 0 Å². The molecule has 0 nitrogen and oxygen atoms in total. The zero-order valence-corrected chi connectivity index (χ0v) is 5.25. The molecule has 0 amide bonds. The summed E-state index contributed by atoms with van der Waals surface area (Å²) in [6, 6.07) is 0. The van der Waals surface area contributed by atoms with Gasteiger partial charge in [0.05, 0.1) is 1.37 Å². The SMILES string of the molecule is [2H]C=CC12C3C4C1[C@H]2C[C@@H]43. The van der Waals surface area contributed by atoms with E-state index in [-0.39, 0.29) is 0 Å². The van der Waals surface area contributed by atoms with Gasteiger partial charge in [0.1, 0.15) is 0 Å². The highest BCUT2D eigenvalue weighted by Crippen LogP contribution is 2.99. The lowest BCUT2D eigenvalue weighted by atomic mass is 9.85. The molecule has 5 fully saturated rings. The smallest absolute Gasteiger partial charge is 0.0535 e. The zero-order chi connectivity index (χ0) is 6.51. The second-order valence-corrected chi connectivity index (χ2v) is 4.30. The van der Waals surface area contributed by atoms with Crippen LogP contribution in [-0.4, -0.2) is 0 Å². The van der Waals surface area contributed by atoms with Gasteiger partial charge in [-0.15, -0.1) is 6.55 Å². The van der Waals surface area contributed by atoms with E-state index in [1.165, 1.54) is 13.0 Å². The Kier molecular flexibility index (Phi) is 0.244. The fourth-order valence-corrected chi connectivity index (χ4v) is 4.38. The van der Waals surface area contributed by atoms with Gasteiger partial charge in [0.15, 0.2) is 0 Å². The minimum atomic E-state index is 0.636. The maximum absolute atomic E-state index is 7.06. The summed E-state index contributed by atoms with van der Waals surface area (Å²) in [7, 11) is 0. The van der Waals surface area contributed by atoms with Crippen LogP contribution in [0.15, 0.2) is 12.6 Å².